The van der Waals surface area contributed by atoms with Crippen LogP contribution in [0.1, 0.15) is 11.1 Å². The molecule has 3 rings (SSSR count). The number of methoxy groups -OCH3 is 1. The SMILES string of the molecule is COc1ccc(Cl)cc1CN(C)S(=O)(=O)c1cccc2cc(C)cnc12. The Balaban J connectivity index is 2.02. The molecule has 0 saturated carbocycles. The summed E-state index contributed by atoms with van der Waals surface area (Å²) in [6.45, 7) is 2.06. The van der Waals surface area contributed by atoms with Gasteiger partial charge in [-0.3, -0.25) is 4.98 Å². The Hall–Kier alpha value is -2.15. The molecular weight excluding hydrogens is 372 g/mol. The molecule has 0 spiro atoms. The molecular formula is C19H19ClN2O3S. The Labute approximate surface area is 158 Å². The van der Waals surface area contributed by atoms with E-state index in [9.17, 15) is 8.42 Å². The molecule has 0 bridgehead atoms. The molecule has 0 radical (unpaired) electrons. The summed E-state index contributed by atoms with van der Waals surface area (Å²) < 4.78 is 32.9. The van der Waals surface area contributed by atoms with Gasteiger partial charge in [-0.1, -0.05) is 23.7 Å². The monoisotopic (exact) mass is 390 g/mol. The molecule has 0 saturated heterocycles. The van der Waals surface area contributed by atoms with Crippen LogP contribution in [0.3, 0.4) is 0 Å². The van der Waals surface area contributed by atoms with Gasteiger partial charge in [-0.25, -0.2) is 8.42 Å². The van der Waals surface area contributed by atoms with Gasteiger partial charge in [0, 0.05) is 35.8 Å². The second-order valence-electron chi connectivity index (χ2n) is 6.06. The topological polar surface area (TPSA) is 59.5 Å². The van der Waals surface area contributed by atoms with Crippen molar-refractivity contribution < 1.29 is 13.2 Å². The van der Waals surface area contributed by atoms with E-state index in [-0.39, 0.29) is 11.4 Å². The molecule has 0 aliphatic rings. The molecule has 0 atom stereocenters. The van der Waals surface area contributed by atoms with E-state index in [2.05, 4.69) is 4.98 Å². The summed E-state index contributed by atoms with van der Waals surface area (Å²) in [5, 5.41) is 1.31. The number of pyridine rings is 1. The van der Waals surface area contributed by atoms with Crippen molar-refractivity contribution >= 4 is 32.5 Å². The van der Waals surface area contributed by atoms with Gasteiger partial charge >= 0.3 is 0 Å². The number of hydrogen-bond donors (Lipinski definition) is 0. The summed E-state index contributed by atoms with van der Waals surface area (Å²) in [7, 11) is -0.672. The number of aromatic nitrogens is 1. The molecule has 3 aromatic rings. The molecule has 5 nitrogen and oxygen atoms in total. The van der Waals surface area contributed by atoms with E-state index >= 15 is 0 Å². The van der Waals surface area contributed by atoms with Gasteiger partial charge in [0.2, 0.25) is 10.0 Å². The molecule has 1 heterocycles. The lowest BCUT2D eigenvalue weighted by Crippen LogP contribution is -2.27. The van der Waals surface area contributed by atoms with Gasteiger partial charge in [-0.05, 0) is 42.8 Å². The lowest BCUT2D eigenvalue weighted by Gasteiger charge is -2.19. The Kier molecular flexibility index (Phi) is 5.18. The van der Waals surface area contributed by atoms with Crippen LogP contribution in [0.25, 0.3) is 10.9 Å². The minimum atomic E-state index is -3.74. The van der Waals surface area contributed by atoms with E-state index in [4.69, 9.17) is 16.3 Å². The van der Waals surface area contributed by atoms with Crippen LogP contribution >= 0.6 is 11.6 Å². The van der Waals surface area contributed by atoms with Crippen molar-refractivity contribution in [3.05, 3.63) is 64.8 Å². The third kappa shape index (κ3) is 3.53. The van der Waals surface area contributed by atoms with Crippen LogP contribution in [0.15, 0.2) is 53.6 Å². The van der Waals surface area contributed by atoms with Crippen molar-refractivity contribution in [3.8, 4) is 5.75 Å². The predicted octanol–water partition coefficient (Wildman–Crippen LogP) is 4.03. The first-order chi connectivity index (χ1) is 12.3. The second-order valence-corrected chi connectivity index (χ2v) is 8.51. The van der Waals surface area contributed by atoms with E-state index in [1.165, 1.54) is 18.5 Å². The standard InChI is InChI=1S/C19H19ClN2O3S/c1-13-9-14-5-4-6-18(19(14)21-11-13)26(23,24)22(2)12-15-10-16(20)7-8-17(15)25-3/h4-11H,12H2,1-3H3. The van der Waals surface area contributed by atoms with Crippen molar-refractivity contribution in [2.24, 2.45) is 0 Å². The van der Waals surface area contributed by atoms with Crippen molar-refractivity contribution in [1.82, 2.24) is 9.29 Å². The van der Waals surface area contributed by atoms with Crippen molar-refractivity contribution in [2.75, 3.05) is 14.2 Å². The van der Waals surface area contributed by atoms with Crippen LogP contribution in [0, 0.1) is 6.92 Å². The molecule has 2 aromatic carbocycles. The Morgan fingerprint density at radius 3 is 2.69 bits per heavy atom. The normalized spacial score (nSPS) is 11.9. The molecule has 26 heavy (non-hydrogen) atoms. The summed E-state index contributed by atoms with van der Waals surface area (Å²) in [6, 6.07) is 12.2. The fourth-order valence-corrected chi connectivity index (χ4v) is 4.32. The number of rotatable bonds is 5. The third-order valence-electron chi connectivity index (χ3n) is 4.13. The molecule has 0 amide bonds. The maximum Gasteiger partial charge on any atom is 0.245 e. The first-order valence-electron chi connectivity index (χ1n) is 7.97. The average molecular weight is 391 g/mol. The Bertz CT molecular complexity index is 1070. The van der Waals surface area contributed by atoms with Crippen molar-refractivity contribution in [3.63, 3.8) is 0 Å². The van der Waals surface area contributed by atoms with Crippen LogP contribution in [-0.2, 0) is 16.6 Å². The number of sulfonamides is 1. The predicted molar refractivity (Wildman–Crippen MR) is 103 cm³/mol. The molecule has 1 aromatic heterocycles. The maximum absolute atomic E-state index is 13.1. The average Bonchev–Trinajstić information content (AvgIpc) is 2.61. The molecule has 0 fully saturated rings. The van der Waals surface area contributed by atoms with Gasteiger partial charge in [0.05, 0.1) is 12.6 Å². The molecule has 0 N–H and O–H groups in total. The summed E-state index contributed by atoms with van der Waals surface area (Å²) in [5.74, 6) is 0.586. The lowest BCUT2D eigenvalue weighted by molar-refractivity contribution is 0.398. The minimum absolute atomic E-state index is 0.133. The number of para-hydroxylation sites is 1. The molecule has 0 aliphatic heterocycles. The number of fused-ring (bicyclic) bond motifs is 1. The first kappa shape index (κ1) is 18.6. The molecule has 136 valence electrons. The Morgan fingerprint density at radius 1 is 1.19 bits per heavy atom. The fraction of sp³-hybridized carbons (Fsp3) is 0.211. The van der Waals surface area contributed by atoms with Gasteiger partial charge in [0.25, 0.3) is 0 Å². The van der Waals surface area contributed by atoms with E-state index in [1.54, 1.807) is 36.5 Å². The summed E-state index contributed by atoms with van der Waals surface area (Å²) >= 11 is 6.05. The summed E-state index contributed by atoms with van der Waals surface area (Å²) in [4.78, 5) is 4.51. The number of ether oxygens (including phenoxy) is 1. The zero-order valence-corrected chi connectivity index (χ0v) is 16.3. The van der Waals surface area contributed by atoms with Gasteiger partial charge in [0.15, 0.2) is 0 Å². The smallest absolute Gasteiger partial charge is 0.245 e. The Morgan fingerprint density at radius 2 is 1.96 bits per heavy atom. The number of nitrogens with zero attached hydrogens (tertiary/aromatic N) is 2. The van der Waals surface area contributed by atoms with Gasteiger partial charge in [-0.15, -0.1) is 0 Å². The van der Waals surface area contributed by atoms with Crippen LogP contribution in [0.4, 0.5) is 0 Å². The quantitative estimate of drug-likeness (QED) is 0.660. The maximum atomic E-state index is 13.1. The van der Waals surface area contributed by atoms with E-state index in [1.807, 2.05) is 19.1 Å². The van der Waals surface area contributed by atoms with E-state index < -0.39 is 10.0 Å². The molecule has 0 unspecified atom stereocenters. The largest absolute Gasteiger partial charge is 0.496 e. The van der Waals surface area contributed by atoms with Crippen LogP contribution in [0.2, 0.25) is 5.02 Å². The molecule has 7 heteroatoms. The van der Waals surface area contributed by atoms with Crippen molar-refractivity contribution in [1.29, 1.82) is 0 Å². The second kappa shape index (κ2) is 7.23. The lowest BCUT2D eigenvalue weighted by atomic mass is 10.2. The van der Waals surface area contributed by atoms with Crippen LogP contribution in [-0.4, -0.2) is 31.9 Å². The van der Waals surface area contributed by atoms with Crippen molar-refractivity contribution in [2.45, 2.75) is 18.4 Å². The molecule has 0 aliphatic carbocycles. The fourth-order valence-electron chi connectivity index (χ4n) is 2.81. The highest BCUT2D eigenvalue weighted by molar-refractivity contribution is 7.89. The zero-order valence-electron chi connectivity index (χ0n) is 14.7. The zero-order chi connectivity index (χ0) is 18.9. The number of hydrogen-bond acceptors (Lipinski definition) is 4. The number of halogens is 1. The summed E-state index contributed by atoms with van der Waals surface area (Å²) in [6.07, 6.45) is 1.67. The highest BCUT2D eigenvalue weighted by atomic mass is 35.5. The van der Waals surface area contributed by atoms with E-state index in [0.717, 1.165) is 10.9 Å². The van der Waals surface area contributed by atoms with Crippen LogP contribution < -0.4 is 4.74 Å². The summed E-state index contributed by atoms with van der Waals surface area (Å²) in [5.41, 5.74) is 2.13. The van der Waals surface area contributed by atoms with Gasteiger partial charge < -0.3 is 4.74 Å². The van der Waals surface area contributed by atoms with E-state index in [0.29, 0.717) is 21.9 Å². The minimum Gasteiger partial charge on any atom is -0.496 e. The van der Waals surface area contributed by atoms with Crippen LogP contribution in [0.5, 0.6) is 5.75 Å². The van der Waals surface area contributed by atoms with Gasteiger partial charge in [0.1, 0.15) is 10.6 Å². The number of aryl methyl sites for hydroxylation is 1. The van der Waals surface area contributed by atoms with Gasteiger partial charge in [-0.2, -0.15) is 4.31 Å². The number of benzene rings is 2. The highest BCUT2D eigenvalue weighted by Gasteiger charge is 2.25. The highest BCUT2D eigenvalue weighted by Crippen LogP contribution is 2.28. The third-order valence-corrected chi connectivity index (χ3v) is 6.20. The first-order valence-corrected chi connectivity index (χ1v) is 9.79.